The number of ether oxygens (including phenoxy) is 1. The first-order valence-electron chi connectivity index (χ1n) is 3.92. The molecule has 1 saturated heterocycles. The fraction of sp³-hybridized carbons (Fsp3) is 1.00. The Bertz CT molecular complexity index is 190. The molecule has 2 atom stereocenters. The summed E-state index contributed by atoms with van der Waals surface area (Å²) in [5.74, 6) is 0. The third-order valence-electron chi connectivity index (χ3n) is 2.22. The molecule has 1 fully saturated rings. The standard InChI is InChI=1S/C7H12F3NO2.ClH/c1-13-5-2-6(12,4-11-3-5)7(8,9)10;/h5,11-12H,2-4H2,1H3;1H/t5-,6+;/m0./s1. The molecule has 0 saturated carbocycles. The number of halogens is 4. The highest BCUT2D eigenvalue weighted by Gasteiger charge is 2.55. The van der Waals surface area contributed by atoms with Gasteiger partial charge in [0.25, 0.3) is 0 Å². The van der Waals surface area contributed by atoms with Crippen LogP contribution in [-0.2, 0) is 4.74 Å². The van der Waals surface area contributed by atoms with Crippen molar-refractivity contribution in [2.45, 2.75) is 24.3 Å². The summed E-state index contributed by atoms with van der Waals surface area (Å²) in [6, 6.07) is 0. The number of nitrogens with one attached hydrogen (secondary N) is 1. The zero-order valence-electron chi connectivity index (χ0n) is 7.60. The predicted molar refractivity (Wildman–Crippen MR) is 46.5 cm³/mol. The first-order chi connectivity index (χ1) is 5.89. The fourth-order valence-electron chi connectivity index (χ4n) is 1.34. The zero-order chi connectivity index (χ0) is 10.1. The summed E-state index contributed by atoms with van der Waals surface area (Å²) < 4.78 is 41.6. The van der Waals surface area contributed by atoms with Crippen molar-refractivity contribution >= 4 is 12.4 Å². The molecular formula is C7H13ClF3NO2. The second kappa shape index (κ2) is 4.65. The number of hydrogen-bond acceptors (Lipinski definition) is 3. The van der Waals surface area contributed by atoms with Crippen molar-refractivity contribution in [2.24, 2.45) is 0 Å². The van der Waals surface area contributed by atoms with Gasteiger partial charge in [0.1, 0.15) is 0 Å². The van der Waals surface area contributed by atoms with Gasteiger partial charge in [0, 0.05) is 26.6 Å². The summed E-state index contributed by atoms with van der Waals surface area (Å²) in [6.07, 6.45) is -5.59. The third-order valence-corrected chi connectivity index (χ3v) is 2.22. The summed E-state index contributed by atoms with van der Waals surface area (Å²) >= 11 is 0. The topological polar surface area (TPSA) is 41.5 Å². The Balaban J connectivity index is 0.00000169. The van der Waals surface area contributed by atoms with Crippen LogP contribution in [0.5, 0.6) is 0 Å². The molecule has 0 spiro atoms. The Labute approximate surface area is 86.0 Å². The average Bonchev–Trinajstić information content (AvgIpc) is 2.02. The van der Waals surface area contributed by atoms with Gasteiger partial charge >= 0.3 is 6.18 Å². The molecule has 0 amide bonds. The van der Waals surface area contributed by atoms with Crippen LogP contribution in [0.3, 0.4) is 0 Å². The van der Waals surface area contributed by atoms with Gasteiger partial charge in [-0.25, -0.2) is 0 Å². The Morgan fingerprint density at radius 2 is 2.07 bits per heavy atom. The van der Waals surface area contributed by atoms with Crippen LogP contribution in [0, 0.1) is 0 Å². The quantitative estimate of drug-likeness (QED) is 0.704. The van der Waals surface area contributed by atoms with Gasteiger partial charge in [0.05, 0.1) is 6.10 Å². The maximum atomic E-state index is 12.3. The van der Waals surface area contributed by atoms with Gasteiger partial charge in [-0.3, -0.25) is 0 Å². The van der Waals surface area contributed by atoms with Gasteiger partial charge < -0.3 is 15.2 Å². The van der Waals surface area contributed by atoms with E-state index in [-0.39, 0.29) is 12.4 Å². The Morgan fingerprint density at radius 1 is 1.50 bits per heavy atom. The van der Waals surface area contributed by atoms with Gasteiger partial charge in [0.2, 0.25) is 0 Å². The Kier molecular flexibility index (Phi) is 4.64. The van der Waals surface area contributed by atoms with Gasteiger partial charge in [-0.2, -0.15) is 13.2 Å². The van der Waals surface area contributed by atoms with E-state index >= 15 is 0 Å². The predicted octanol–water partition coefficient (Wildman–Crippen LogP) is 0.710. The van der Waals surface area contributed by atoms with Crippen LogP contribution in [0.4, 0.5) is 13.2 Å². The van der Waals surface area contributed by atoms with Crippen molar-refractivity contribution in [1.29, 1.82) is 0 Å². The summed E-state index contributed by atoms with van der Waals surface area (Å²) in [5.41, 5.74) is -2.65. The lowest BCUT2D eigenvalue weighted by Gasteiger charge is -2.37. The van der Waals surface area contributed by atoms with Gasteiger partial charge in [-0.05, 0) is 0 Å². The average molecular weight is 236 g/mol. The largest absolute Gasteiger partial charge is 0.418 e. The monoisotopic (exact) mass is 235 g/mol. The highest BCUT2D eigenvalue weighted by Crippen LogP contribution is 2.35. The smallest absolute Gasteiger partial charge is 0.380 e. The highest BCUT2D eigenvalue weighted by atomic mass is 35.5. The van der Waals surface area contributed by atoms with Crippen molar-refractivity contribution in [3.05, 3.63) is 0 Å². The summed E-state index contributed by atoms with van der Waals surface area (Å²) in [5, 5.41) is 11.7. The fourth-order valence-corrected chi connectivity index (χ4v) is 1.34. The number of alkyl halides is 3. The number of methoxy groups -OCH3 is 1. The molecule has 3 nitrogen and oxygen atoms in total. The van der Waals surface area contributed by atoms with Crippen LogP contribution in [0.25, 0.3) is 0 Å². The summed E-state index contributed by atoms with van der Waals surface area (Å²) in [6.45, 7) is -0.120. The lowest BCUT2D eigenvalue weighted by Crippen LogP contribution is -2.59. The van der Waals surface area contributed by atoms with E-state index in [1.165, 1.54) is 7.11 Å². The Morgan fingerprint density at radius 3 is 2.50 bits per heavy atom. The van der Waals surface area contributed by atoms with E-state index in [1.807, 2.05) is 0 Å². The number of rotatable bonds is 1. The maximum Gasteiger partial charge on any atom is 0.418 e. The molecule has 1 rings (SSSR count). The van der Waals surface area contributed by atoms with Crippen molar-refractivity contribution in [2.75, 3.05) is 20.2 Å². The first kappa shape index (κ1) is 14.0. The van der Waals surface area contributed by atoms with Gasteiger partial charge in [0.15, 0.2) is 5.60 Å². The van der Waals surface area contributed by atoms with Crippen LogP contribution in [0.2, 0.25) is 0 Å². The van der Waals surface area contributed by atoms with Crippen LogP contribution in [-0.4, -0.2) is 43.2 Å². The molecule has 0 aromatic rings. The van der Waals surface area contributed by atoms with Crippen LogP contribution < -0.4 is 5.32 Å². The molecule has 1 aliphatic heterocycles. The molecule has 86 valence electrons. The Hall–Kier alpha value is -0.0400. The molecule has 0 aromatic carbocycles. The summed E-state index contributed by atoms with van der Waals surface area (Å²) in [4.78, 5) is 0. The number of β-amino-alcohol motifs (C(OH)–C–C–N with tert-alkyl or cyclic N) is 1. The van der Waals surface area contributed by atoms with E-state index in [0.717, 1.165) is 0 Å². The van der Waals surface area contributed by atoms with Crippen molar-refractivity contribution in [3.8, 4) is 0 Å². The molecule has 0 unspecified atom stereocenters. The normalized spacial score (nSPS) is 33.6. The van der Waals surface area contributed by atoms with Crippen LogP contribution in [0.1, 0.15) is 6.42 Å². The molecule has 1 heterocycles. The van der Waals surface area contributed by atoms with E-state index in [9.17, 15) is 18.3 Å². The van der Waals surface area contributed by atoms with Crippen molar-refractivity contribution < 1.29 is 23.0 Å². The SMILES string of the molecule is CO[C@@H]1CNC[C@@](O)(C(F)(F)F)C1.Cl. The first-order valence-corrected chi connectivity index (χ1v) is 3.92. The molecule has 0 bridgehead atoms. The van der Waals surface area contributed by atoms with Crippen molar-refractivity contribution in [3.63, 3.8) is 0 Å². The van der Waals surface area contributed by atoms with E-state index in [1.54, 1.807) is 0 Å². The van der Waals surface area contributed by atoms with Gasteiger partial charge in [-0.1, -0.05) is 0 Å². The van der Waals surface area contributed by atoms with Crippen LogP contribution in [0.15, 0.2) is 0 Å². The second-order valence-corrected chi connectivity index (χ2v) is 3.22. The minimum atomic E-state index is -4.60. The lowest BCUT2D eigenvalue weighted by atomic mass is 9.92. The van der Waals surface area contributed by atoms with E-state index in [2.05, 4.69) is 5.32 Å². The number of piperidine rings is 1. The molecule has 0 aromatic heterocycles. The van der Waals surface area contributed by atoms with Gasteiger partial charge in [-0.15, -0.1) is 12.4 Å². The van der Waals surface area contributed by atoms with Crippen molar-refractivity contribution in [1.82, 2.24) is 5.32 Å². The second-order valence-electron chi connectivity index (χ2n) is 3.22. The van der Waals surface area contributed by atoms with E-state index in [4.69, 9.17) is 4.74 Å². The molecule has 0 aliphatic carbocycles. The molecule has 2 N–H and O–H groups in total. The lowest BCUT2D eigenvalue weighted by molar-refractivity contribution is -0.272. The number of hydrogen-bond donors (Lipinski definition) is 2. The van der Waals surface area contributed by atoms with Crippen LogP contribution >= 0.6 is 12.4 Å². The minimum absolute atomic E-state index is 0. The summed E-state index contributed by atoms with van der Waals surface area (Å²) in [7, 11) is 1.33. The molecule has 0 radical (unpaired) electrons. The van der Waals surface area contributed by atoms with E-state index in [0.29, 0.717) is 6.54 Å². The third kappa shape index (κ3) is 2.73. The maximum absolute atomic E-state index is 12.3. The number of aliphatic hydroxyl groups is 1. The van der Waals surface area contributed by atoms with E-state index < -0.39 is 30.8 Å². The molecular weight excluding hydrogens is 223 g/mol. The molecule has 14 heavy (non-hydrogen) atoms. The minimum Gasteiger partial charge on any atom is -0.380 e. The molecule has 7 heteroatoms. The molecule has 1 aliphatic rings. The zero-order valence-corrected chi connectivity index (χ0v) is 8.41. The highest BCUT2D eigenvalue weighted by molar-refractivity contribution is 5.85.